The molecule has 0 bridgehead atoms. The summed E-state index contributed by atoms with van der Waals surface area (Å²) in [5.74, 6) is 6.06. The van der Waals surface area contributed by atoms with Crippen molar-refractivity contribution in [3.63, 3.8) is 0 Å². The Bertz CT molecular complexity index is 523. The highest BCUT2D eigenvalue weighted by atomic mass is 35.5. The Kier molecular flexibility index (Phi) is 3.75. The number of aliphatic imine (C=N–C) groups is 1. The molecule has 3 N–H and O–H groups in total. The van der Waals surface area contributed by atoms with Gasteiger partial charge in [-0.15, -0.1) is 0 Å². The van der Waals surface area contributed by atoms with Crippen molar-refractivity contribution in [3.05, 3.63) is 65.2 Å². The molecule has 2 rings (SSSR count). The van der Waals surface area contributed by atoms with E-state index < -0.39 is 0 Å². The van der Waals surface area contributed by atoms with Crippen LogP contribution in [0, 0.1) is 0 Å². The number of nitrogens with two attached hydrogens (primary N) is 1. The number of rotatable bonds is 2. The van der Waals surface area contributed by atoms with E-state index in [1.54, 1.807) is 6.07 Å². The van der Waals surface area contributed by atoms with Crippen molar-refractivity contribution in [1.29, 1.82) is 0 Å². The first-order valence-electron chi connectivity index (χ1n) is 5.16. The zero-order chi connectivity index (χ0) is 12.1. The maximum atomic E-state index is 6.04. The molecule has 3 nitrogen and oxygen atoms in total. The second-order valence-electron chi connectivity index (χ2n) is 3.42. The fourth-order valence-electron chi connectivity index (χ4n) is 1.44. The molecule has 0 aliphatic rings. The average molecular weight is 246 g/mol. The van der Waals surface area contributed by atoms with Gasteiger partial charge >= 0.3 is 0 Å². The van der Waals surface area contributed by atoms with E-state index >= 15 is 0 Å². The Morgan fingerprint density at radius 2 is 1.65 bits per heavy atom. The predicted octanol–water partition coefficient (Wildman–Crippen LogP) is 2.88. The highest BCUT2D eigenvalue weighted by molar-refractivity contribution is 6.33. The van der Waals surface area contributed by atoms with Crippen LogP contribution in [0.4, 0.5) is 5.69 Å². The lowest BCUT2D eigenvalue weighted by molar-refractivity contribution is 1.02. The van der Waals surface area contributed by atoms with Crippen molar-refractivity contribution < 1.29 is 0 Å². The molecule has 0 fully saturated rings. The molecule has 2 aromatic rings. The largest absolute Gasteiger partial charge is 0.308 e. The summed E-state index contributed by atoms with van der Waals surface area (Å²) >= 11 is 6.04. The Morgan fingerprint density at radius 3 is 2.29 bits per heavy atom. The van der Waals surface area contributed by atoms with Crippen LogP contribution >= 0.6 is 11.6 Å². The molecule has 86 valence electrons. The van der Waals surface area contributed by atoms with Gasteiger partial charge in [0.25, 0.3) is 0 Å². The molecule has 0 radical (unpaired) electrons. The minimum atomic E-state index is 0.582. The molecular weight excluding hydrogens is 234 g/mol. The van der Waals surface area contributed by atoms with Crippen molar-refractivity contribution in [3.8, 4) is 0 Å². The van der Waals surface area contributed by atoms with Gasteiger partial charge in [0.1, 0.15) is 5.84 Å². The van der Waals surface area contributed by atoms with Crippen molar-refractivity contribution >= 4 is 23.1 Å². The van der Waals surface area contributed by atoms with Crippen LogP contribution in [-0.2, 0) is 0 Å². The monoisotopic (exact) mass is 245 g/mol. The molecule has 0 aliphatic carbocycles. The summed E-state index contributed by atoms with van der Waals surface area (Å²) in [5, 5.41) is 0.594. The lowest BCUT2D eigenvalue weighted by Gasteiger charge is -2.06. The fourth-order valence-corrected chi connectivity index (χ4v) is 1.62. The van der Waals surface area contributed by atoms with Crippen LogP contribution in [0.1, 0.15) is 5.56 Å². The minimum Gasteiger partial charge on any atom is -0.308 e. The number of benzene rings is 2. The number of nitrogens with one attached hydrogen (secondary N) is 1. The zero-order valence-corrected chi connectivity index (χ0v) is 9.85. The van der Waals surface area contributed by atoms with Crippen LogP contribution in [0.3, 0.4) is 0 Å². The molecule has 0 saturated heterocycles. The number of hydrogen-bond donors (Lipinski definition) is 2. The lowest BCUT2D eigenvalue weighted by atomic mass is 10.2. The van der Waals surface area contributed by atoms with E-state index in [4.69, 9.17) is 17.4 Å². The highest BCUT2D eigenvalue weighted by Crippen LogP contribution is 2.24. The number of para-hydroxylation sites is 1. The van der Waals surface area contributed by atoms with E-state index in [0.717, 1.165) is 5.56 Å². The molecule has 0 amide bonds. The summed E-state index contributed by atoms with van der Waals surface area (Å²) < 4.78 is 0. The molecule has 0 heterocycles. The fraction of sp³-hybridized carbons (Fsp3) is 0. The van der Waals surface area contributed by atoms with E-state index in [9.17, 15) is 0 Å². The van der Waals surface area contributed by atoms with Crippen LogP contribution in [0.25, 0.3) is 0 Å². The molecule has 0 atom stereocenters. The summed E-state index contributed by atoms with van der Waals surface area (Å²) in [7, 11) is 0. The van der Waals surface area contributed by atoms with Gasteiger partial charge in [0.15, 0.2) is 0 Å². The normalized spacial score (nSPS) is 11.3. The molecule has 0 aliphatic heterocycles. The van der Waals surface area contributed by atoms with Crippen LogP contribution in [0.2, 0.25) is 5.02 Å². The van der Waals surface area contributed by atoms with Crippen molar-refractivity contribution in [2.75, 3.05) is 0 Å². The first kappa shape index (κ1) is 11.6. The van der Waals surface area contributed by atoms with Crippen LogP contribution in [-0.4, -0.2) is 5.84 Å². The second kappa shape index (κ2) is 5.48. The van der Waals surface area contributed by atoms with Crippen molar-refractivity contribution in [2.24, 2.45) is 10.8 Å². The van der Waals surface area contributed by atoms with E-state index in [1.807, 2.05) is 48.5 Å². The van der Waals surface area contributed by atoms with Gasteiger partial charge in [0.2, 0.25) is 0 Å². The number of hydrazine groups is 1. The Morgan fingerprint density at radius 1 is 1.00 bits per heavy atom. The van der Waals surface area contributed by atoms with Gasteiger partial charge in [0, 0.05) is 5.56 Å². The van der Waals surface area contributed by atoms with Gasteiger partial charge in [0.05, 0.1) is 10.7 Å². The highest BCUT2D eigenvalue weighted by Gasteiger charge is 2.02. The third-order valence-electron chi connectivity index (χ3n) is 2.27. The molecular formula is C13H12ClN3. The Hall–Kier alpha value is -1.84. The summed E-state index contributed by atoms with van der Waals surface area (Å²) in [6.45, 7) is 0. The summed E-state index contributed by atoms with van der Waals surface area (Å²) in [6.07, 6.45) is 0. The van der Waals surface area contributed by atoms with Gasteiger partial charge in [-0.1, -0.05) is 54.1 Å². The molecule has 4 heteroatoms. The first-order valence-corrected chi connectivity index (χ1v) is 5.54. The molecule has 17 heavy (non-hydrogen) atoms. The van der Waals surface area contributed by atoms with Crippen LogP contribution in [0.5, 0.6) is 0 Å². The molecule has 0 spiro atoms. The standard InChI is InChI=1S/C13H12ClN3/c14-11-8-4-5-9-12(11)16-13(17-15)10-6-2-1-3-7-10/h1-9H,15H2,(H,16,17). The summed E-state index contributed by atoms with van der Waals surface area (Å²) in [6, 6.07) is 17.0. The topological polar surface area (TPSA) is 50.4 Å². The molecule has 0 saturated carbocycles. The Balaban J connectivity index is 2.40. The minimum absolute atomic E-state index is 0.582. The van der Waals surface area contributed by atoms with Crippen LogP contribution in [0.15, 0.2) is 59.6 Å². The number of hydrogen-bond acceptors (Lipinski definition) is 2. The van der Waals surface area contributed by atoms with Gasteiger partial charge < -0.3 is 5.43 Å². The summed E-state index contributed by atoms with van der Waals surface area (Å²) in [5.41, 5.74) is 4.18. The average Bonchev–Trinajstić information content (AvgIpc) is 2.39. The summed E-state index contributed by atoms with van der Waals surface area (Å²) in [4.78, 5) is 4.40. The molecule has 2 aromatic carbocycles. The maximum Gasteiger partial charge on any atom is 0.147 e. The van der Waals surface area contributed by atoms with E-state index in [1.165, 1.54) is 0 Å². The van der Waals surface area contributed by atoms with Gasteiger partial charge in [-0.3, -0.25) is 0 Å². The molecule has 0 unspecified atom stereocenters. The smallest absolute Gasteiger partial charge is 0.147 e. The van der Waals surface area contributed by atoms with Gasteiger partial charge in [-0.2, -0.15) is 0 Å². The van der Waals surface area contributed by atoms with E-state index in [0.29, 0.717) is 16.5 Å². The first-order chi connectivity index (χ1) is 8.31. The number of halogens is 1. The predicted molar refractivity (Wildman–Crippen MR) is 71.4 cm³/mol. The number of nitrogens with zero attached hydrogens (tertiary/aromatic N) is 1. The third-order valence-corrected chi connectivity index (χ3v) is 2.59. The van der Waals surface area contributed by atoms with Crippen molar-refractivity contribution in [1.82, 2.24) is 5.43 Å². The quantitative estimate of drug-likeness (QED) is 0.370. The van der Waals surface area contributed by atoms with Gasteiger partial charge in [-0.05, 0) is 12.1 Å². The number of amidine groups is 1. The Labute approximate surface area is 105 Å². The lowest BCUT2D eigenvalue weighted by Crippen LogP contribution is -2.30. The third kappa shape index (κ3) is 2.84. The van der Waals surface area contributed by atoms with E-state index in [2.05, 4.69) is 10.4 Å². The van der Waals surface area contributed by atoms with E-state index in [-0.39, 0.29) is 0 Å². The molecule has 0 aromatic heterocycles. The van der Waals surface area contributed by atoms with Crippen LogP contribution < -0.4 is 11.3 Å². The van der Waals surface area contributed by atoms with Gasteiger partial charge in [-0.25, -0.2) is 10.8 Å². The second-order valence-corrected chi connectivity index (χ2v) is 3.83. The SMILES string of the molecule is NNC(=Nc1ccccc1Cl)c1ccccc1. The maximum absolute atomic E-state index is 6.04. The zero-order valence-electron chi connectivity index (χ0n) is 9.10. The van der Waals surface area contributed by atoms with Crippen molar-refractivity contribution in [2.45, 2.75) is 0 Å².